The van der Waals surface area contributed by atoms with Gasteiger partial charge in [-0.1, -0.05) is 6.07 Å². The fraction of sp³-hybridized carbons (Fsp3) is 0.417. The highest BCUT2D eigenvalue weighted by Gasteiger charge is 2.28. The Hall–Kier alpha value is -2.32. The zero-order valence-corrected chi connectivity index (χ0v) is 11.1. The Morgan fingerprint density at radius 2 is 2.10 bits per heavy atom. The normalized spacial score (nSPS) is 11.0. The van der Waals surface area contributed by atoms with Crippen molar-refractivity contribution in [3.63, 3.8) is 0 Å². The van der Waals surface area contributed by atoms with Crippen LogP contribution in [0, 0.1) is 10.1 Å². The molecule has 0 aliphatic carbocycles. The van der Waals surface area contributed by atoms with Crippen molar-refractivity contribution in [2.75, 3.05) is 20.2 Å². The molecule has 0 spiro atoms. The highest BCUT2D eigenvalue weighted by molar-refractivity contribution is 5.77. The lowest BCUT2D eigenvalue weighted by Crippen LogP contribution is -2.34. The number of amides is 1. The van der Waals surface area contributed by atoms with Crippen molar-refractivity contribution in [3.8, 4) is 5.75 Å². The molecule has 0 aliphatic rings. The fourth-order valence-electron chi connectivity index (χ4n) is 1.36. The molecule has 0 aromatic heterocycles. The van der Waals surface area contributed by atoms with Gasteiger partial charge in [-0.2, -0.15) is 13.2 Å². The SMILES string of the molecule is CN(CCC(F)(F)F)C(=O)COc1cccc([N+](=O)[O-])c1. The number of hydrogen-bond donors (Lipinski definition) is 0. The van der Waals surface area contributed by atoms with Crippen molar-refractivity contribution in [1.82, 2.24) is 4.90 Å². The number of hydrogen-bond acceptors (Lipinski definition) is 4. The van der Waals surface area contributed by atoms with Crippen LogP contribution in [0.5, 0.6) is 5.75 Å². The van der Waals surface area contributed by atoms with Gasteiger partial charge in [0.2, 0.25) is 0 Å². The number of nitro benzene ring substituents is 1. The maximum atomic E-state index is 12.0. The quantitative estimate of drug-likeness (QED) is 0.597. The summed E-state index contributed by atoms with van der Waals surface area (Å²) in [5.74, 6) is -0.549. The molecule has 0 N–H and O–H groups in total. The average molecular weight is 306 g/mol. The zero-order chi connectivity index (χ0) is 16.0. The molecule has 1 aromatic carbocycles. The highest BCUT2D eigenvalue weighted by atomic mass is 19.4. The van der Waals surface area contributed by atoms with Crippen LogP contribution in [0.1, 0.15) is 6.42 Å². The Morgan fingerprint density at radius 3 is 2.67 bits per heavy atom. The van der Waals surface area contributed by atoms with Gasteiger partial charge in [0, 0.05) is 19.7 Å². The molecule has 21 heavy (non-hydrogen) atoms. The Morgan fingerprint density at radius 1 is 1.43 bits per heavy atom. The van der Waals surface area contributed by atoms with E-state index < -0.39 is 36.6 Å². The summed E-state index contributed by atoms with van der Waals surface area (Å²) >= 11 is 0. The van der Waals surface area contributed by atoms with Crippen molar-refractivity contribution >= 4 is 11.6 Å². The molecule has 0 unspecified atom stereocenters. The van der Waals surface area contributed by atoms with Gasteiger partial charge in [0.1, 0.15) is 5.75 Å². The highest BCUT2D eigenvalue weighted by Crippen LogP contribution is 2.20. The number of nitro groups is 1. The van der Waals surface area contributed by atoms with Crippen molar-refractivity contribution in [2.24, 2.45) is 0 Å². The Labute approximate surface area is 118 Å². The van der Waals surface area contributed by atoms with Crippen LogP contribution >= 0.6 is 0 Å². The van der Waals surface area contributed by atoms with E-state index >= 15 is 0 Å². The van der Waals surface area contributed by atoms with Crippen molar-refractivity contribution < 1.29 is 27.6 Å². The number of benzene rings is 1. The number of halogens is 3. The van der Waals surface area contributed by atoms with Gasteiger partial charge in [-0.05, 0) is 6.07 Å². The summed E-state index contributed by atoms with van der Waals surface area (Å²) in [5, 5.41) is 10.5. The van der Waals surface area contributed by atoms with E-state index in [1.54, 1.807) is 0 Å². The standard InChI is InChI=1S/C12H13F3N2O4/c1-16(6-5-12(13,14)15)11(18)8-21-10-4-2-3-9(7-10)17(19)20/h2-4,7H,5-6,8H2,1H3. The van der Waals surface area contributed by atoms with Gasteiger partial charge in [0.05, 0.1) is 17.4 Å². The smallest absolute Gasteiger partial charge is 0.390 e. The fourth-order valence-corrected chi connectivity index (χ4v) is 1.36. The first-order valence-electron chi connectivity index (χ1n) is 5.87. The molecule has 0 fully saturated rings. The molecule has 0 saturated heterocycles. The number of carbonyl (C=O) groups excluding carboxylic acids is 1. The lowest BCUT2D eigenvalue weighted by Gasteiger charge is -2.18. The molecule has 0 radical (unpaired) electrons. The zero-order valence-electron chi connectivity index (χ0n) is 11.1. The second-order valence-corrected chi connectivity index (χ2v) is 4.22. The van der Waals surface area contributed by atoms with E-state index in [-0.39, 0.29) is 11.4 Å². The monoisotopic (exact) mass is 306 g/mol. The number of non-ortho nitro benzene ring substituents is 1. The molecule has 1 rings (SSSR count). The van der Waals surface area contributed by atoms with E-state index in [9.17, 15) is 28.1 Å². The van der Waals surface area contributed by atoms with Gasteiger partial charge in [0.25, 0.3) is 11.6 Å². The molecule has 6 nitrogen and oxygen atoms in total. The Bertz CT molecular complexity index is 519. The largest absolute Gasteiger partial charge is 0.484 e. The maximum absolute atomic E-state index is 12.0. The van der Waals surface area contributed by atoms with Crippen LogP contribution in [-0.2, 0) is 4.79 Å². The summed E-state index contributed by atoms with van der Waals surface area (Å²) in [4.78, 5) is 22.4. The third-order valence-corrected chi connectivity index (χ3v) is 2.55. The summed E-state index contributed by atoms with van der Waals surface area (Å²) < 4.78 is 41.1. The molecule has 0 bridgehead atoms. The van der Waals surface area contributed by atoms with Crippen molar-refractivity contribution in [2.45, 2.75) is 12.6 Å². The Balaban J connectivity index is 2.49. The molecular weight excluding hydrogens is 293 g/mol. The maximum Gasteiger partial charge on any atom is 0.390 e. The molecule has 0 atom stereocenters. The molecule has 9 heteroatoms. The lowest BCUT2D eigenvalue weighted by atomic mass is 10.3. The minimum absolute atomic E-state index is 0.0989. The molecule has 1 amide bonds. The molecular formula is C12H13F3N2O4. The van der Waals surface area contributed by atoms with Gasteiger partial charge in [-0.3, -0.25) is 14.9 Å². The third kappa shape index (κ3) is 6.11. The van der Waals surface area contributed by atoms with Crippen LogP contribution in [0.4, 0.5) is 18.9 Å². The number of alkyl halides is 3. The first-order chi connectivity index (χ1) is 9.69. The Kier molecular flexibility index (Phi) is 5.51. The summed E-state index contributed by atoms with van der Waals surface area (Å²) in [6.07, 6.45) is -5.44. The van der Waals surface area contributed by atoms with Crippen LogP contribution in [0.2, 0.25) is 0 Å². The first kappa shape index (κ1) is 16.7. The van der Waals surface area contributed by atoms with E-state index in [2.05, 4.69) is 0 Å². The number of ether oxygens (including phenoxy) is 1. The van der Waals surface area contributed by atoms with Gasteiger partial charge < -0.3 is 9.64 Å². The van der Waals surface area contributed by atoms with Crippen LogP contribution in [-0.4, -0.2) is 42.1 Å². The van der Waals surface area contributed by atoms with Crippen molar-refractivity contribution in [1.29, 1.82) is 0 Å². The first-order valence-corrected chi connectivity index (χ1v) is 5.87. The van der Waals surface area contributed by atoms with Crippen LogP contribution in [0.15, 0.2) is 24.3 Å². The predicted octanol–water partition coefficient (Wildman–Crippen LogP) is 2.38. The predicted molar refractivity (Wildman–Crippen MR) is 66.9 cm³/mol. The molecule has 0 heterocycles. The number of nitrogens with zero attached hydrogens (tertiary/aromatic N) is 2. The minimum Gasteiger partial charge on any atom is -0.484 e. The van der Waals surface area contributed by atoms with E-state index in [0.717, 1.165) is 11.0 Å². The third-order valence-electron chi connectivity index (χ3n) is 2.55. The minimum atomic E-state index is -4.34. The van der Waals surface area contributed by atoms with Gasteiger partial charge >= 0.3 is 6.18 Å². The summed E-state index contributed by atoms with van der Waals surface area (Å²) in [6.45, 7) is -0.962. The summed E-state index contributed by atoms with van der Waals surface area (Å²) in [5.41, 5.74) is -0.203. The van der Waals surface area contributed by atoms with E-state index in [4.69, 9.17) is 4.74 Å². The number of rotatable bonds is 6. The summed E-state index contributed by atoms with van der Waals surface area (Å²) in [6, 6.07) is 5.18. The van der Waals surface area contributed by atoms with Gasteiger partial charge in [-0.15, -0.1) is 0 Å². The molecule has 0 aliphatic heterocycles. The molecule has 1 aromatic rings. The van der Waals surface area contributed by atoms with Crippen LogP contribution in [0.3, 0.4) is 0 Å². The second kappa shape index (κ2) is 6.91. The number of likely N-dealkylation sites (N-methyl/N-ethyl adjacent to an activating group) is 1. The average Bonchev–Trinajstić information content (AvgIpc) is 2.41. The van der Waals surface area contributed by atoms with Crippen LogP contribution in [0.25, 0.3) is 0 Å². The van der Waals surface area contributed by atoms with Crippen molar-refractivity contribution in [3.05, 3.63) is 34.4 Å². The van der Waals surface area contributed by atoms with Gasteiger partial charge in [0.15, 0.2) is 6.61 Å². The second-order valence-electron chi connectivity index (χ2n) is 4.22. The van der Waals surface area contributed by atoms with E-state index in [1.807, 2.05) is 0 Å². The molecule has 116 valence electrons. The molecule has 0 saturated carbocycles. The van der Waals surface area contributed by atoms with E-state index in [1.165, 1.54) is 25.2 Å². The lowest BCUT2D eigenvalue weighted by molar-refractivity contribution is -0.384. The van der Waals surface area contributed by atoms with Gasteiger partial charge in [-0.25, -0.2) is 0 Å². The van der Waals surface area contributed by atoms with E-state index in [0.29, 0.717) is 0 Å². The van der Waals surface area contributed by atoms with Crippen LogP contribution < -0.4 is 4.74 Å². The number of carbonyl (C=O) groups is 1. The summed E-state index contributed by atoms with van der Waals surface area (Å²) in [7, 11) is 1.23. The topological polar surface area (TPSA) is 72.7 Å².